The SMILES string of the molecule is NNC(c1ccc(C(F)(F)F)cn1)C1CCOC1. The molecule has 0 aliphatic carbocycles. The lowest BCUT2D eigenvalue weighted by Crippen LogP contribution is -2.34. The van der Waals surface area contributed by atoms with E-state index in [-0.39, 0.29) is 12.0 Å². The van der Waals surface area contributed by atoms with Crippen LogP contribution in [0.3, 0.4) is 0 Å². The molecule has 2 atom stereocenters. The molecule has 1 aromatic rings. The lowest BCUT2D eigenvalue weighted by atomic mass is 9.96. The number of aromatic nitrogens is 1. The number of nitrogens with one attached hydrogen (secondary N) is 1. The van der Waals surface area contributed by atoms with Gasteiger partial charge in [-0.1, -0.05) is 0 Å². The number of hydrogen-bond donors (Lipinski definition) is 2. The average molecular weight is 261 g/mol. The Balaban J connectivity index is 2.16. The fourth-order valence-corrected chi connectivity index (χ4v) is 2.04. The number of hydrogen-bond acceptors (Lipinski definition) is 4. The standard InChI is InChI=1S/C11H14F3N3O/c12-11(13,14)8-1-2-9(16-5-8)10(17-15)7-3-4-18-6-7/h1-2,5,7,10,17H,3-4,6,15H2. The van der Waals surface area contributed by atoms with Crippen LogP contribution in [-0.2, 0) is 10.9 Å². The van der Waals surface area contributed by atoms with Crippen LogP contribution in [-0.4, -0.2) is 18.2 Å². The third-order valence-corrected chi connectivity index (χ3v) is 3.05. The molecule has 7 heteroatoms. The Morgan fingerprint density at radius 3 is 2.67 bits per heavy atom. The molecule has 100 valence electrons. The zero-order valence-corrected chi connectivity index (χ0v) is 9.57. The van der Waals surface area contributed by atoms with Gasteiger partial charge in [0.15, 0.2) is 0 Å². The highest BCUT2D eigenvalue weighted by molar-refractivity contribution is 5.19. The van der Waals surface area contributed by atoms with Crippen LogP contribution >= 0.6 is 0 Å². The maximum absolute atomic E-state index is 12.4. The topological polar surface area (TPSA) is 60.2 Å². The second-order valence-electron chi connectivity index (χ2n) is 4.24. The Morgan fingerprint density at radius 2 is 2.22 bits per heavy atom. The fourth-order valence-electron chi connectivity index (χ4n) is 2.04. The van der Waals surface area contributed by atoms with Gasteiger partial charge in [-0.15, -0.1) is 0 Å². The number of alkyl halides is 3. The minimum atomic E-state index is -4.37. The van der Waals surface area contributed by atoms with E-state index < -0.39 is 11.7 Å². The Labute approximate surface area is 102 Å². The number of rotatable bonds is 3. The Kier molecular flexibility index (Phi) is 3.84. The number of nitrogens with zero attached hydrogens (tertiary/aromatic N) is 1. The van der Waals surface area contributed by atoms with Crippen molar-refractivity contribution >= 4 is 0 Å². The van der Waals surface area contributed by atoms with Crippen molar-refractivity contribution in [3.63, 3.8) is 0 Å². The maximum atomic E-state index is 12.4. The van der Waals surface area contributed by atoms with E-state index in [1.54, 1.807) is 0 Å². The van der Waals surface area contributed by atoms with Gasteiger partial charge in [-0.2, -0.15) is 13.2 Å². The molecule has 2 unspecified atom stereocenters. The van der Waals surface area contributed by atoms with Gasteiger partial charge in [0.2, 0.25) is 0 Å². The smallest absolute Gasteiger partial charge is 0.381 e. The molecule has 1 aromatic heterocycles. The van der Waals surface area contributed by atoms with Gasteiger partial charge >= 0.3 is 6.18 Å². The predicted molar refractivity (Wildman–Crippen MR) is 58.2 cm³/mol. The third-order valence-electron chi connectivity index (χ3n) is 3.05. The molecular weight excluding hydrogens is 247 g/mol. The second kappa shape index (κ2) is 5.21. The molecule has 1 aliphatic rings. The second-order valence-corrected chi connectivity index (χ2v) is 4.24. The van der Waals surface area contributed by atoms with E-state index in [1.807, 2.05) is 0 Å². The summed E-state index contributed by atoms with van der Waals surface area (Å²) >= 11 is 0. The first-order chi connectivity index (χ1) is 8.52. The van der Waals surface area contributed by atoms with Crippen molar-refractivity contribution in [1.29, 1.82) is 0 Å². The summed E-state index contributed by atoms with van der Waals surface area (Å²) in [5.41, 5.74) is 2.34. The molecular formula is C11H14F3N3O. The van der Waals surface area contributed by atoms with Crippen LogP contribution in [0.2, 0.25) is 0 Å². The molecule has 1 aliphatic heterocycles. The predicted octanol–water partition coefficient (Wildman–Crippen LogP) is 1.64. The van der Waals surface area contributed by atoms with Crippen LogP contribution in [0.5, 0.6) is 0 Å². The van der Waals surface area contributed by atoms with E-state index >= 15 is 0 Å². The third kappa shape index (κ3) is 2.80. The Bertz CT molecular complexity index is 388. The molecule has 3 N–H and O–H groups in total. The highest BCUT2D eigenvalue weighted by Crippen LogP contribution is 2.31. The molecule has 2 rings (SSSR count). The zero-order valence-electron chi connectivity index (χ0n) is 9.57. The van der Waals surface area contributed by atoms with Crippen LogP contribution in [0.15, 0.2) is 18.3 Å². The summed E-state index contributed by atoms with van der Waals surface area (Å²) in [6.45, 7) is 1.18. The molecule has 1 saturated heterocycles. The normalized spacial score (nSPS) is 22.1. The van der Waals surface area contributed by atoms with Crippen LogP contribution in [0.1, 0.15) is 23.7 Å². The lowest BCUT2D eigenvalue weighted by molar-refractivity contribution is -0.137. The van der Waals surface area contributed by atoms with E-state index in [0.29, 0.717) is 18.9 Å². The van der Waals surface area contributed by atoms with E-state index in [1.165, 1.54) is 6.07 Å². The lowest BCUT2D eigenvalue weighted by Gasteiger charge is -2.21. The van der Waals surface area contributed by atoms with E-state index in [4.69, 9.17) is 10.6 Å². The number of halogens is 3. The van der Waals surface area contributed by atoms with E-state index in [2.05, 4.69) is 10.4 Å². The van der Waals surface area contributed by atoms with Gasteiger partial charge in [0.05, 0.1) is 23.9 Å². The van der Waals surface area contributed by atoms with Crippen LogP contribution in [0, 0.1) is 5.92 Å². The first kappa shape index (κ1) is 13.3. The number of nitrogens with two attached hydrogens (primary N) is 1. The monoisotopic (exact) mass is 261 g/mol. The summed E-state index contributed by atoms with van der Waals surface area (Å²) < 4.78 is 42.4. The highest BCUT2D eigenvalue weighted by Gasteiger charge is 2.32. The van der Waals surface area contributed by atoms with Gasteiger partial charge in [-0.25, -0.2) is 0 Å². The minimum absolute atomic E-state index is 0.138. The van der Waals surface area contributed by atoms with Crippen LogP contribution in [0.25, 0.3) is 0 Å². The molecule has 2 heterocycles. The van der Waals surface area contributed by atoms with Crippen molar-refractivity contribution in [2.24, 2.45) is 11.8 Å². The molecule has 4 nitrogen and oxygen atoms in total. The summed E-state index contributed by atoms with van der Waals surface area (Å²) in [5, 5.41) is 0. The first-order valence-corrected chi connectivity index (χ1v) is 5.59. The van der Waals surface area contributed by atoms with Crippen molar-refractivity contribution in [3.05, 3.63) is 29.6 Å². The summed E-state index contributed by atoms with van der Waals surface area (Å²) in [6.07, 6.45) is -2.72. The molecule has 0 radical (unpaired) electrons. The van der Waals surface area contributed by atoms with Crippen molar-refractivity contribution in [2.45, 2.75) is 18.6 Å². The highest BCUT2D eigenvalue weighted by atomic mass is 19.4. The summed E-state index contributed by atoms with van der Waals surface area (Å²) in [7, 11) is 0. The van der Waals surface area contributed by atoms with Crippen molar-refractivity contribution in [1.82, 2.24) is 10.4 Å². The molecule has 0 amide bonds. The van der Waals surface area contributed by atoms with E-state index in [0.717, 1.165) is 18.7 Å². The van der Waals surface area contributed by atoms with Gasteiger partial charge < -0.3 is 4.74 Å². The number of ether oxygens (including phenoxy) is 1. The largest absolute Gasteiger partial charge is 0.417 e. The van der Waals surface area contributed by atoms with Gasteiger partial charge in [0, 0.05) is 18.7 Å². The maximum Gasteiger partial charge on any atom is 0.417 e. The van der Waals surface area contributed by atoms with Gasteiger partial charge in [-0.3, -0.25) is 16.3 Å². The molecule has 0 bridgehead atoms. The van der Waals surface area contributed by atoms with Gasteiger partial charge in [0.25, 0.3) is 0 Å². The number of hydrazine groups is 1. The summed E-state index contributed by atoms with van der Waals surface area (Å²) in [6, 6.07) is 2.09. The van der Waals surface area contributed by atoms with E-state index in [9.17, 15) is 13.2 Å². The average Bonchev–Trinajstić information content (AvgIpc) is 2.83. The molecule has 1 fully saturated rings. The molecule has 0 aromatic carbocycles. The molecule has 18 heavy (non-hydrogen) atoms. The van der Waals surface area contributed by atoms with Crippen LogP contribution in [0.4, 0.5) is 13.2 Å². The summed E-state index contributed by atoms with van der Waals surface area (Å²) in [4.78, 5) is 3.84. The van der Waals surface area contributed by atoms with Crippen molar-refractivity contribution in [2.75, 3.05) is 13.2 Å². The molecule has 0 saturated carbocycles. The zero-order chi connectivity index (χ0) is 13.2. The van der Waals surface area contributed by atoms with Crippen molar-refractivity contribution in [3.8, 4) is 0 Å². The fraction of sp³-hybridized carbons (Fsp3) is 0.545. The van der Waals surface area contributed by atoms with Crippen molar-refractivity contribution < 1.29 is 17.9 Å². The molecule has 0 spiro atoms. The van der Waals surface area contributed by atoms with Gasteiger partial charge in [0.1, 0.15) is 0 Å². The quantitative estimate of drug-likeness (QED) is 0.641. The number of pyridine rings is 1. The summed E-state index contributed by atoms with van der Waals surface area (Å²) in [5.74, 6) is 5.58. The van der Waals surface area contributed by atoms with Gasteiger partial charge in [-0.05, 0) is 18.6 Å². The minimum Gasteiger partial charge on any atom is -0.381 e. The Hall–Kier alpha value is -1.18. The first-order valence-electron chi connectivity index (χ1n) is 5.59. The Morgan fingerprint density at radius 1 is 1.44 bits per heavy atom. The van der Waals surface area contributed by atoms with Crippen LogP contribution < -0.4 is 11.3 Å².